The molecule has 6 nitrogen and oxygen atoms in total. The van der Waals surface area contributed by atoms with Gasteiger partial charge in [0, 0.05) is 12.5 Å². The van der Waals surface area contributed by atoms with Crippen molar-refractivity contribution in [2.75, 3.05) is 26.2 Å². The van der Waals surface area contributed by atoms with E-state index in [4.69, 9.17) is 5.26 Å². The SMILES string of the molecule is CCNC(=O)NC(=O)CN1CCC(C#N)CC1. The van der Waals surface area contributed by atoms with Crippen LogP contribution in [0.25, 0.3) is 0 Å². The summed E-state index contributed by atoms with van der Waals surface area (Å²) in [5.74, 6) is -0.191. The minimum Gasteiger partial charge on any atom is -0.338 e. The van der Waals surface area contributed by atoms with Gasteiger partial charge in [0.05, 0.1) is 12.6 Å². The van der Waals surface area contributed by atoms with Crippen LogP contribution >= 0.6 is 0 Å². The fourth-order valence-corrected chi connectivity index (χ4v) is 1.79. The molecule has 17 heavy (non-hydrogen) atoms. The van der Waals surface area contributed by atoms with E-state index in [0.717, 1.165) is 25.9 Å². The average molecular weight is 238 g/mol. The highest BCUT2D eigenvalue weighted by Gasteiger charge is 2.20. The molecule has 94 valence electrons. The second-order valence-corrected chi connectivity index (χ2v) is 4.09. The van der Waals surface area contributed by atoms with Crippen molar-refractivity contribution in [3.05, 3.63) is 0 Å². The normalized spacial score (nSPS) is 17.2. The Morgan fingerprint density at radius 3 is 2.59 bits per heavy atom. The van der Waals surface area contributed by atoms with E-state index in [2.05, 4.69) is 16.7 Å². The maximum Gasteiger partial charge on any atom is 0.321 e. The summed E-state index contributed by atoms with van der Waals surface area (Å²) in [6.45, 7) is 3.97. The second-order valence-electron chi connectivity index (χ2n) is 4.09. The van der Waals surface area contributed by atoms with E-state index in [1.165, 1.54) is 0 Å². The fraction of sp³-hybridized carbons (Fsp3) is 0.727. The number of imide groups is 1. The number of nitriles is 1. The van der Waals surface area contributed by atoms with Gasteiger partial charge in [0.1, 0.15) is 0 Å². The van der Waals surface area contributed by atoms with Gasteiger partial charge in [-0.3, -0.25) is 15.0 Å². The first kappa shape index (κ1) is 13.5. The van der Waals surface area contributed by atoms with Crippen molar-refractivity contribution in [3.63, 3.8) is 0 Å². The molecular weight excluding hydrogens is 220 g/mol. The van der Waals surface area contributed by atoms with E-state index in [0.29, 0.717) is 6.54 Å². The Labute approximate surface area is 101 Å². The topological polar surface area (TPSA) is 85.2 Å². The summed E-state index contributed by atoms with van der Waals surface area (Å²) < 4.78 is 0. The molecule has 1 saturated heterocycles. The molecule has 1 heterocycles. The average Bonchev–Trinajstić information content (AvgIpc) is 2.30. The minimum atomic E-state index is -0.454. The molecule has 0 atom stereocenters. The standard InChI is InChI=1S/C11H18N4O2/c1-2-13-11(17)14-10(16)8-15-5-3-9(7-12)4-6-15/h9H,2-6,8H2,1H3,(H2,13,14,16,17). The van der Waals surface area contributed by atoms with Crippen LogP contribution in [-0.4, -0.2) is 43.0 Å². The summed E-state index contributed by atoms with van der Waals surface area (Å²) in [4.78, 5) is 24.5. The summed E-state index contributed by atoms with van der Waals surface area (Å²) in [5.41, 5.74) is 0. The number of carbonyl (C=O) groups is 2. The third-order valence-corrected chi connectivity index (χ3v) is 2.73. The number of nitrogens with one attached hydrogen (secondary N) is 2. The number of nitrogens with zero attached hydrogens (tertiary/aromatic N) is 2. The monoisotopic (exact) mass is 238 g/mol. The van der Waals surface area contributed by atoms with Gasteiger partial charge in [-0.15, -0.1) is 0 Å². The van der Waals surface area contributed by atoms with Crippen molar-refractivity contribution >= 4 is 11.9 Å². The van der Waals surface area contributed by atoms with Crippen LogP contribution < -0.4 is 10.6 Å². The van der Waals surface area contributed by atoms with Crippen molar-refractivity contribution in [1.29, 1.82) is 5.26 Å². The van der Waals surface area contributed by atoms with Crippen LogP contribution in [0.5, 0.6) is 0 Å². The lowest BCUT2D eigenvalue weighted by atomic mass is 9.99. The van der Waals surface area contributed by atoms with Gasteiger partial charge in [0.15, 0.2) is 0 Å². The Morgan fingerprint density at radius 1 is 1.41 bits per heavy atom. The lowest BCUT2D eigenvalue weighted by molar-refractivity contribution is -0.121. The molecule has 0 aliphatic carbocycles. The Morgan fingerprint density at radius 2 is 2.06 bits per heavy atom. The van der Waals surface area contributed by atoms with E-state index in [-0.39, 0.29) is 18.4 Å². The molecule has 0 bridgehead atoms. The summed E-state index contributed by atoms with van der Waals surface area (Å²) in [5, 5.41) is 13.5. The number of carbonyl (C=O) groups excluding carboxylic acids is 2. The summed E-state index contributed by atoms with van der Waals surface area (Å²) in [6, 6.07) is 1.78. The van der Waals surface area contributed by atoms with Crippen molar-refractivity contribution < 1.29 is 9.59 Å². The largest absolute Gasteiger partial charge is 0.338 e. The van der Waals surface area contributed by atoms with Crippen LogP contribution in [0.4, 0.5) is 4.79 Å². The number of likely N-dealkylation sites (tertiary alicyclic amines) is 1. The molecule has 0 aromatic carbocycles. The molecule has 6 heteroatoms. The third kappa shape index (κ3) is 4.83. The lowest BCUT2D eigenvalue weighted by Gasteiger charge is -2.28. The van der Waals surface area contributed by atoms with Crippen molar-refractivity contribution in [3.8, 4) is 6.07 Å². The van der Waals surface area contributed by atoms with Gasteiger partial charge < -0.3 is 5.32 Å². The fourth-order valence-electron chi connectivity index (χ4n) is 1.79. The van der Waals surface area contributed by atoms with Gasteiger partial charge in [-0.1, -0.05) is 0 Å². The van der Waals surface area contributed by atoms with Gasteiger partial charge >= 0.3 is 6.03 Å². The molecule has 1 fully saturated rings. The molecule has 1 rings (SSSR count). The van der Waals surface area contributed by atoms with E-state index in [9.17, 15) is 9.59 Å². The zero-order valence-corrected chi connectivity index (χ0v) is 10.0. The quantitative estimate of drug-likeness (QED) is 0.728. The zero-order valence-electron chi connectivity index (χ0n) is 10.0. The first-order valence-corrected chi connectivity index (χ1v) is 5.85. The van der Waals surface area contributed by atoms with Gasteiger partial charge in [-0.05, 0) is 32.9 Å². The minimum absolute atomic E-state index is 0.109. The molecule has 3 amide bonds. The van der Waals surface area contributed by atoms with E-state index in [1.54, 1.807) is 6.92 Å². The first-order chi connectivity index (χ1) is 8.15. The number of rotatable bonds is 3. The number of hydrogen-bond donors (Lipinski definition) is 2. The van der Waals surface area contributed by atoms with Crippen LogP contribution in [0, 0.1) is 17.2 Å². The van der Waals surface area contributed by atoms with Crippen molar-refractivity contribution in [2.45, 2.75) is 19.8 Å². The molecule has 0 spiro atoms. The van der Waals surface area contributed by atoms with Gasteiger partial charge in [0.25, 0.3) is 0 Å². The van der Waals surface area contributed by atoms with E-state index >= 15 is 0 Å². The van der Waals surface area contributed by atoms with Gasteiger partial charge in [0.2, 0.25) is 5.91 Å². The molecule has 1 aliphatic heterocycles. The summed E-state index contributed by atoms with van der Waals surface area (Å²) >= 11 is 0. The smallest absolute Gasteiger partial charge is 0.321 e. The summed E-state index contributed by atoms with van der Waals surface area (Å²) in [7, 11) is 0. The predicted octanol–water partition coefficient (Wildman–Crippen LogP) is 0.0677. The van der Waals surface area contributed by atoms with E-state index < -0.39 is 6.03 Å². The van der Waals surface area contributed by atoms with Crippen molar-refractivity contribution in [2.24, 2.45) is 5.92 Å². The second kappa shape index (κ2) is 6.86. The van der Waals surface area contributed by atoms with Crippen LogP contribution in [0.2, 0.25) is 0 Å². The van der Waals surface area contributed by atoms with Gasteiger partial charge in [-0.2, -0.15) is 5.26 Å². The van der Waals surface area contributed by atoms with Crippen LogP contribution in [-0.2, 0) is 4.79 Å². The van der Waals surface area contributed by atoms with E-state index in [1.807, 2.05) is 4.90 Å². The van der Waals surface area contributed by atoms with Crippen LogP contribution in [0.3, 0.4) is 0 Å². The Balaban J connectivity index is 2.24. The molecule has 0 saturated carbocycles. The molecule has 0 aromatic rings. The third-order valence-electron chi connectivity index (χ3n) is 2.73. The van der Waals surface area contributed by atoms with Crippen LogP contribution in [0.1, 0.15) is 19.8 Å². The highest BCUT2D eigenvalue weighted by molar-refractivity contribution is 5.95. The van der Waals surface area contributed by atoms with Gasteiger partial charge in [-0.25, -0.2) is 4.79 Å². The molecule has 2 N–H and O–H groups in total. The number of amides is 3. The Kier molecular flexibility index (Phi) is 5.43. The highest BCUT2D eigenvalue weighted by atomic mass is 16.2. The number of urea groups is 1. The number of piperidine rings is 1. The molecule has 0 aromatic heterocycles. The zero-order chi connectivity index (χ0) is 12.7. The Bertz CT molecular complexity index is 316. The van der Waals surface area contributed by atoms with Crippen molar-refractivity contribution in [1.82, 2.24) is 15.5 Å². The maximum absolute atomic E-state index is 11.5. The summed E-state index contributed by atoms with van der Waals surface area (Å²) in [6.07, 6.45) is 1.59. The molecule has 1 aliphatic rings. The highest BCUT2D eigenvalue weighted by Crippen LogP contribution is 2.15. The lowest BCUT2D eigenvalue weighted by Crippen LogP contribution is -2.46. The predicted molar refractivity (Wildman–Crippen MR) is 62.0 cm³/mol. The van der Waals surface area contributed by atoms with Crippen LogP contribution in [0.15, 0.2) is 0 Å². The molecule has 0 unspecified atom stereocenters. The Hall–Kier alpha value is -1.61. The molecule has 0 radical (unpaired) electrons. The first-order valence-electron chi connectivity index (χ1n) is 5.85. The number of hydrogen-bond acceptors (Lipinski definition) is 4. The maximum atomic E-state index is 11.5. The molecular formula is C11H18N4O2.